The zero-order chi connectivity index (χ0) is 16.2. The molecule has 1 heterocycles. The maximum Gasteiger partial charge on any atom is 0.287 e. The van der Waals surface area contributed by atoms with Crippen molar-refractivity contribution >= 4 is 16.9 Å². The number of amides is 1. The first kappa shape index (κ1) is 15.6. The molecule has 5 heteroatoms. The van der Waals surface area contributed by atoms with Crippen molar-refractivity contribution in [2.45, 2.75) is 32.1 Å². The van der Waals surface area contributed by atoms with E-state index in [0.29, 0.717) is 29.2 Å². The molecule has 0 unspecified atom stereocenters. The van der Waals surface area contributed by atoms with Gasteiger partial charge in [-0.2, -0.15) is 0 Å². The van der Waals surface area contributed by atoms with Crippen molar-refractivity contribution in [3.8, 4) is 5.75 Å². The molecule has 1 saturated carbocycles. The Hall–Kier alpha value is -2.30. The molecule has 1 amide bonds. The molecule has 0 bridgehead atoms. The molecule has 1 aromatic heterocycles. The molecule has 0 atom stereocenters. The van der Waals surface area contributed by atoms with Gasteiger partial charge in [-0.3, -0.25) is 9.59 Å². The SMILES string of the molecule is COc1cccc2c(=O)cc(C(=O)NCC3CCCCC3)oc12. The van der Waals surface area contributed by atoms with Crippen LogP contribution in [0.5, 0.6) is 5.75 Å². The van der Waals surface area contributed by atoms with E-state index in [1.807, 2.05) is 0 Å². The highest BCUT2D eigenvalue weighted by molar-refractivity contribution is 5.93. The number of hydrogen-bond donors (Lipinski definition) is 1. The molecule has 1 N–H and O–H groups in total. The zero-order valence-electron chi connectivity index (χ0n) is 13.3. The van der Waals surface area contributed by atoms with Crippen LogP contribution >= 0.6 is 0 Å². The van der Waals surface area contributed by atoms with E-state index in [1.165, 1.54) is 32.4 Å². The lowest BCUT2D eigenvalue weighted by atomic mass is 9.89. The topological polar surface area (TPSA) is 68.5 Å². The summed E-state index contributed by atoms with van der Waals surface area (Å²) >= 11 is 0. The molecule has 0 saturated heterocycles. The first-order chi connectivity index (χ1) is 11.2. The van der Waals surface area contributed by atoms with Crippen molar-refractivity contribution in [3.05, 3.63) is 40.2 Å². The Kier molecular flexibility index (Phi) is 4.65. The summed E-state index contributed by atoms with van der Waals surface area (Å²) in [6.07, 6.45) is 6.03. The van der Waals surface area contributed by atoms with Crippen LogP contribution in [-0.2, 0) is 0 Å². The third-order valence-corrected chi connectivity index (χ3v) is 4.44. The van der Waals surface area contributed by atoms with E-state index in [1.54, 1.807) is 18.2 Å². The summed E-state index contributed by atoms with van der Waals surface area (Å²) in [5.74, 6) is 0.652. The molecular weight excluding hydrogens is 294 g/mol. The number of carbonyl (C=O) groups is 1. The fourth-order valence-electron chi connectivity index (χ4n) is 3.14. The number of methoxy groups -OCH3 is 1. The lowest BCUT2D eigenvalue weighted by Gasteiger charge is -2.21. The largest absolute Gasteiger partial charge is 0.493 e. The third kappa shape index (κ3) is 3.38. The van der Waals surface area contributed by atoms with Crippen molar-refractivity contribution in [1.82, 2.24) is 5.32 Å². The van der Waals surface area contributed by atoms with Crippen LogP contribution in [0.1, 0.15) is 42.7 Å². The minimum Gasteiger partial charge on any atom is -0.493 e. The normalized spacial score (nSPS) is 15.5. The van der Waals surface area contributed by atoms with E-state index >= 15 is 0 Å². The number of fused-ring (bicyclic) bond motifs is 1. The first-order valence-electron chi connectivity index (χ1n) is 8.08. The molecular formula is C18H21NO4. The van der Waals surface area contributed by atoms with Gasteiger partial charge in [-0.05, 0) is 30.9 Å². The van der Waals surface area contributed by atoms with Gasteiger partial charge < -0.3 is 14.5 Å². The van der Waals surface area contributed by atoms with Crippen LogP contribution in [0.15, 0.2) is 33.5 Å². The van der Waals surface area contributed by atoms with Gasteiger partial charge >= 0.3 is 0 Å². The summed E-state index contributed by atoms with van der Waals surface area (Å²) in [5.41, 5.74) is 0.0679. The van der Waals surface area contributed by atoms with Gasteiger partial charge in [-0.1, -0.05) is 25.3 Å². The number of carbonyl (C=O) groups excluding carboxylic acids is 1. The highest BCUT2D eigenvalue weighted by atomic mass is 16.5. The van der Waals surface area contributed by atoms with Crippen LogP contribution in [0.4, 0.5) is 0 Å². The maximum atomic E-state index is 12.3. The minimum absolute atomic E-state index is 0.0304. The van der Waals surface area contributed by atoms with Gasteiger partial charge in [0, 0.05) is 12.6 Å². The van der Waals surface area contributed by atoms with Crippen LogP contribution in [0.3, 0.4) is 0 Å². The average Bonchev–Trinajstić information content (AvgIpc) is 2.60. The van der Waals surface area contributed by atoms with E-state index in [0.717, 1.165) is 12.8 Å². The summed E-state index contributed by atoms with van der Waals surface area (Å²) < 4.78 is 10.8. The monoisotopic (exact) mass is 315 g/mol. The van der Waals surface area contributed by atoms with Gasteiger partial charge in [0.15, 0.2) is 22.5 Å². The van der Waals surface area contributed by atoms with Crippen molar-refractivity contribution < 1.29 is 13.9 Å². The second-order valence-electron chi connectivity index (χ2n) is 6.03. The molecule has 122 valence electrons. The Bertz CT molecular complexity index is 759. The molecule has 23 heavy (non-hydrogen) atoms. The van der Waals surface area contributed by atoms with E-state index in [4.69, 9.17) is 9.15 Å². The van der Waals surface area contributed by atoms with Crippen molar-refractivity contribution in [2.75, 3.05) is 13.7 Å². The molecule has 3 rings (SSSR count). The number of ether oxygens (including phenoxy) is 1. The number of nitrogens with one attached hydrogen (secondary N) is 1. The second kappa shape index (κ2) is 6.86. The Balaban J connectivity index is 1.81. The van der Waals surface area contributed by atoms with Crippen LogP contribution in [-0.4, -0.2) is 19.6 Å². The molecule has 0 radical (unpaired) electrons. The smallest absolute Gasteiger partial charge is 0.287 e. The molecule has 1 fully saturated rings. The van der Waals surface area contributed by atoms with Crippen LogP contribution in [0, 0.1) is 5.92 Å². The highest BCUT2D eigenvalue weighted by Crippen LogP contribution is 2.25. The van der Waals surface area contributed by atoms with E-state index in [9.17, 15) is 9.59 Å². The zero-order valence-corrected chi connectivity index (χ0v) is 13.3. The van der Waals surface area contributed by atoms with Crippen LogP contribution < -0.4 is 15.5 Å². The molecule has 1 aliphatic rings. The Morgan fingerprint density at radius 2 is 2.09 bits per heavy atom. The van der Waals surface area contributed by atoms with Gasteiger partial charge in [-0.15, -0.1) is 0 Å². The fourth-order valence-corrected chi connectivity index (χ4v) is 3.14. The van der Waals surface area contributed by atoms with Crippen LogP contribution in [0.2, 0.25) is 0 Å². The summed E-state index contributed by atoms with van der Waals surface area (Å²) in [6.45, 7) is 0.631. The lowest BCUT2D eigenvalue weighted by Crippen LogP contribution is -2.30. The maximum absolute atomic E-state index is 12.3. The highest BCUT2D eigenvalue weighted by Gasteiger charge is 2.18. The van der Waals surface area contributed by atoms with Gasteiger partial charge in [0.25, 0.3) is 5.91 Å². The molecule has 1 aliphatic carbocycles. The summed E-state index contributed by atoms with van der Waals surface area (Å²) in [5, 5.41) is 3.30. The average molecular weight is 315 g/mol. The van der Waals surface area contributed by atoms with Gasteiger partial charge in [-0.25, -0.2) is 0 Å². The summed E-state index contributed by atoms with van der Waals surface area (Å²) in [6, 6.07) is 6.33. The Morgan fingerprint density at radius 3 is 2.83 bits per heavy atom. The standard InChI is InChI=1S/C18H21NO4/c1-22-15-9-5-8-13-14(20)10-16(23-17(13)15)18(21)19-11-12-6-3-2-4-7-12/h5,8-10,12H,2-4,6-7,11H2,1H3,(H,19,21). The van der Waals surface area contributed by atoms with Crippen molar-refractivity contribution in [1.29, 1.82) is 0 Å². The molecule has 0 aliphatic heterocycles. The van der Waals surface area contributed by atoms with E-state index in [2.05, 4.69) is 5.32 Å². The van der Waals surface area contributed by atoms with Gasteiger partial charge in [0.1, 0.15) is 0 Å². The summed E-state index contributed by atoms with van der Waals surface area (Å²) in [4.78, 5) is 24.5. The number of benzene rings is 1. The van der Waals surface area contributed by atoms with Gasteiger partial charge in [0.05, 0.1) is 12.5 Å². The van der Waals surface area contributed by atoms with Crippen molar-refractivity contribution in [3.63, 3.8) is 0 Å². The number of hydrogen-bond acceptors (Lipinski definition) is 4. The predicted octanol–water partition coefficient (Wildman–Crippen LogP) is 3.11. The molecule has 0 spiro atoms. The second-order valence-corrected chi connectivity index (χ2v) is 6.03. The minimum atomic E-state index is -0.347. The Labute approximate surface area is 134 Å². The molecule has 5 nitrogen and oxygen atoms in total. The Morgan fingerprint density at radius 1 is 1.30 bits per heavy atom. The van der Waals surface area contributed by atoms with E-state index < -0.39 is 0 Å². The number of para-hydroxylation sites is 1. The fraction of sp³-hybridized carbons (Fsp3) is 0.444. The molecule has 1 aromatic carbocycles. The quantitative estimate of drug-likeness (QED) is 0.941. The third-order valence-electron chi connectivity index (χ3n) is 4.44. The van der Waals surface area contributed by atoms with Crippen LogP contribution in [0.25, 0.3) is 11.0 Å². The summed E-state index contributed by atoms with van der Waals surface area (Å²) in [7, 11) is 1.50. The lowest BCUT2D eigenvalue weighted by molar-refractivity contribution is 0.0916. The van der Waals surface area contributed by atoms with E-state index in [-0.39, 0.29) is 17.1 Å². The first-order valence-corrected chi connectivity index (χ1v) is 8.08. The predicted molar refractivity (Wildman–Crippen MR) is 87.9 cm³/mol. The van der Waals surface area contributed by atoms with Gasteiger partial charge in [0.2, 0.25) is 0 Å². The van der Waals surface area contributed by atoms with Crippen molar-refractivity contribution in [2.24, 2.45) is 5.92 Å². The number of rotatable bonds is 4. The molecule has 2 aromatic rings.